The highest BCUT2D eigenvalue weighted by Gasteiger charge is 2.42. The predicted octanol–water partition coefficient (Wildman–Crippen LogP) is 1.94. The van der Waals surface area contributed by atoms with Gasteiger partial charge in [0.25, 0.3) is 0 Å². The maximum Gasteiger partial charge on any atom is 0.225 e. The molecule has 1 aliphatic heterocycles. The van der Waals surface area contributed by atoms with E-state index in [9.17, 15) is 4.79 Å². The highest BCUT2D eigenvalue weighted by Crippen LogP contribution is 2.48. The lowest BCUT2D eigenvalue weighted by Crippen LogP contribution is -2.38. The third-order valence-corrected chi connectivity index (χ3v) is 3.94. The molecule has 1 unspecified atom stereocenters. The first-order valence-corrected chi connectivity index (χ1v) is 6.71. The molecule has 0 spiro atoms. The van der Waals surface area contributed by atoms with Gasteiger partial charge in [0.15, 0.2) is 0 Å². The van der Waals surface area contributed by atoms with E-state index in [4.69, 9.17) is 16.3 Å². The van der Waals surface area contributed by atoms with E-state index in [1.54, 1.807) is 0 Å². The third-order valence-electron chi connectivity index (χ3n) is 3.75. The number of halogens is 1. The minimum Gasteiger partial charge on any atom is -0.381 e. The van der Waals surface area contributed by atoms with Crippen LogP contribution < -0.4 is 5.32 Å². The van der Waals surface area contributed by atoms with E-state index in [2.05, 4.69) is 5.32 Å². The van der Waals surface area contributed by atoms with Gasteiger partial charge in [-0.05, 0) is 37.5 Å². The Morgan fingerprint density at radius 2 is 2.31 bits per heavy atom. The van der Waals surface area contributed by atoms with E-state index in [1.807, 2.05) is 0 Å². The molecule has 0 aromatic heterocycles. The fourth-order valence-corrected chi connectivity index (χ4v) is 2.66. The molecule has 2 rings (SSSR count). The van der Waals surface area contributed by atoms with Crippen molar-refractivity contribution >= 4 is 17.5 Å². The molecule has 0 radical (unpaired) electrons. The Morgan fingerprint density at radius 3 is 2.88 bits per heavy atom. The molecule has 1 saturated carbocycles. The molecular weight excluding hydrogens is 226 g/mol. The van der Waals surface area contributed by atoms with Crippen LogP contribution in [0.25, 0.3) is 0 Å². The number of amides is 1. The Morgan fingerprint density at radius 1 is 1.50 bits per heavy atom. The van der Waals surface area contributed by atoms with E-state index in [0.717, 1.165) is 32.4 Å². The fraction of sp³-hybridized carbons (Fsp3) is 0.917. The molecule has 0 aromatic carbocycles. The summed E-state index contributed by atoms with van der Waals surface area (Å²) in [6.45, 7) is 2.20. The molecular formula is C12H20ClNO2. The summed E-state index contributed by atoms with van der Waals surface area (Å²) in [5.41, 5.74) is 0.326. The number of alkyl halides is 1. The second-order valence-electron chi connectivity index (χ2n) is 5.07. The summed E-state index contributed by atoms with van der Waals surface area (Å²) < 4.78 is 5.32. The maximum absolute atomic E-state index is 11.9. The number of hydrogen-bond acceptors (Lipinski definition) is 2. The zero-order chi connectivity index (χ0) is 11.4. The summed E-state index contributed by atoms with van der Waals surface area (Å²) in [6.07, 6.45) is 5.41. The number of nitrogens with one attached hydrogen (secondary N) is 1. The van der Waals surface area contributed by atoms with Crippen molar-refractivity contribution < 1.29 is 9.53 Å². The molecule has 1 amide bonds. The van der Waals surface area contributed by atoms with Gasteiger partial charge >= 0.3 is 0 Å². The van der Waals surface area contributed by atoms with E-state index in [-0.39, 0.29) is 11.8 Å². The van der Waals surface area contributed by atoms with Gasteiger partial charge < -0.3 is 10.1 Å². The smallest absolute Gasteiger partial charge is 0.225 e. The molecule has 3 nitrogen and oxygen atoms in total. The van der Waals surface area contributed by atoms with Crippen molar-refractivity contribution in [2.75, 3.05) is 25.6 Å². The molecule has 1 heterocycles. The van der Waals surface area contributed by atoms with Gasteiger partial charge in [-0.25, -0.2) is 0 Å². The highest BCUT2D eigenvalue weighted by molar-refractivity contribution is 6.17. The molecule has 1 N–H and O–H groups in total. The van der Waals surface area contributed by atoms with Crippen LogP contribution in [0, 0.1) is 11.3 Å². The van der Waals surface area contributed by atoms with Gasteiger partial charge in [0.2, 0.25) is 5.91 Å². The fourth-order valence-electron chi connectivity index (χ4n) is 2.26. The molecule has 2 aliphatic rings. The topological polar surface area (TPSA) is 38.3 Å². The second-order valence-corrected chi connectivity index (χ2v) is 5.45. The quantitative estimate of drug-likeness (QED) is 0.752. The van der Waals surface area contributed by atoms with Crippen LogP contribution in [0.1, 0.15) is 32.1 Å². The SMILES string of the molecule is O=C(NCC1(CCCl)CC1)C1CCCOC1. The molecule has 1 atom stereocenters. The average Bonchev–Trinajstić information content (AvgIpc) is 3.08. The summed E-state index contributed by atoms with van der Waals surface area (Å²) in [5.74, 6) is 0.934. The number of rotatable bonds is 5. The van der Waals surface area contributed by atoms with Gasteiger partial charge in [-0.3, -0.25) is 4.79 Å². The van der Waals surface area contributed by atoms with E-state index < -0.39 is 0 Å². The van der Waals surface area contributed by atoms with Crippen LogP contribution in [0.5, 0.6) is 0 Å². The Kier molecular flexibility index (Phi) is 4.09. The third kappa shape index (κ3) is 3.11. The first-order valence-electron chi connectivity index (χ1n) is 6.17. The molecule has 4 heteroatoms. The lowest BCUT2D eigenvalue weighted by molar-refractivity contribution is -0.129. The Hall–Kier alpha value is -0.280. The molecule has 0 bridgehead atoms. The summed E-state index contributed by atoms with van der Waals surface area (Å²) in [4.78, 5) is 11.9. The van der Waals surface area contributed by atoms with Gasteiger partial charge in [0, 0.05) is 19.0 Å². The van der Waals surface area contributed by atoms with E-state index in [0.29, 0.717) is 17.9 Å². The van der Waals surface area contributed by atoms with Gasteiger partial charge in [-0.2, -0.15) is 0 Å². The Balaban J connectivity index is 1.70. The normalized spacial score (nSPS) is 27.4. The zero-order valence-electron chi connectivity index (χ0n) is 9.64. The van der Waals surface area contributed by atoms with Crippen LogP contribution in [0.3, 0.4) is 0 Å². The number of carbonyl (C=O) groups is 1. The van der Waals surface area contributed by atoms with Crippen molar-refractivity contribution in [1.29, 1.82) is 0 Å². The summed E-state index contributed by atoms with van der Waals surface area (Å²) >= 11 is 5.76. The largest absolute Gasteiger partial charge is 0.381 e. The van der Waals surface area contributed by atoms with Crippen molar-refractivity contribution in [3.05, 3.63) is 0 Å². The summed E-state index contributed by atoms with van der Waals surface area (Å²) in [5, 5.41) is 3.06. The predicted molar refractivity (Wildman–Crippen MR) is 63.6 cm³/mol. The monoisotopic (exact) mass is 245 g/mol. The summed E-state index contributed by atoms with van der Waals surface area (Å²) in [6, 6.07) is 0. The van der Waals surface area contributed by atoms with Gasteiger partial charge in [-0.15, -0.1) is 11.6 Å². The maximum atomic E-state index is 11.9. The highest BCUT2D eigenvalue weighted by atomic mass is 35.5. The van der Waals surface area contributed by atoms with Gasteiger partial charge in [0.05, 0.1) is 12.5 Å². The standard InChI is InChI=1S/C12H20ClNO2/c13-6-5-12(3-4-12)9-14-11(15)10-2-1-7-16-8-10/h10H,1-9H2,(H,14,15). The Labute approximate surface area is 102 Å². The van der Waals surface area contributed by atoms with Gasteiger partial charge in [0.1, 0.15) is 0 Å². The number of hydrogen-bond donors (Lipinski definition) is 1. The van der Waals surface area contributed by atoms with E-state index >= 15 is 0 Å². The van der Waals surface area contributed by atoms with Gasteiger partial charge in [-0.1, -0.05) is 0 Å². The molecule has 16 heavy (non-hydrogen) atoms. The zero-order valence-corrected chi connectivity index (χ0v) is 10.4. The van der Waals surface area contributed by atoms with Crippen molar-refractivity contribution in [1.82, 2.24) is 5.32 Å². The number of ether oxygens (including phenoxy) is 1. The first-order chi connectivity index (χ1) is 7.76. The molecule has 0 aromatic rings. The molecule has 1 saturated heterocycles. The summed E-state index contributed by atoms with van der Waals surface area (Å²) in [7, 11) is 0. The van der Waals surface area contributed by atoms with Crippen LogP contribution in [-0.2, 0) is 9.53 Å². The van der Waals surface area contributed by atoms with Crippen molar-refractivity contribution in [3.63, 3.8) is 0 Å². The van der Waals surface area contributed by atoms with E-state index in [1.165, 1.54) is 12.8 Å². The van der Waals surface area contributed by atoms with Crippen LogP contribution >= 0.6 is 11.6 Å². The average molecular weight is 246 g/mol. The minimum absolute atomic E-state index is 0.0700. The lowest BCUT2D eigenvalue weighted by atomic mass is 10.00. The van der Waals surface area contributed by atoms with Crippen LogP contribution in [0.15, 0.2) is 0 Å². The van der Waals surface area contributed by atoms with Crippen LogP contribution in [-0.4, -0.2) is 31.5 Å². The minimum atomic E-state index is 0.0700. The molecule has 1 aliphatic carbocycles. The molecule has 92 valence electrons. The molecule has 2 fully saturated rings. The van der Waals surface area contributed by atoms with Crippen LogP contribution in [0.2, 0.25) is 0 Å². The van der Waals surface area contributed by atoms with Crippen molar-refractivity contribution in [2.24, 2.45) is 11.3 Å². The van der Waals surface area contributed by atoms with Crippen molar-refractivity contribution in [3.8, 4) is 0 Å². The second kappa shape index (κ2) is 5.37. The first kappa shape index (κ1) is 12.2. The Bertz CT molecular complexity index is 247. The lowest BCUT2D eigenvalue weighted by Gasteiger charge is -2.22. The van der Waals surface area contributed by atoms with Crippen molar-refractivity contribution in [2.45, 2.75) is 32.1 Å². The number of carbonyl (C=O) groups excluding carboxylic acids is 1. The van der Waals surface area contributed by atoms with Crippen LogP contribution in [0.4, 0.5) is 0 Å².